The van der Waals surface area contributed by atoms with Gasteiger partial charge in [0.25, 0.3) is 0 Å². The van der Waals surface area contributed by atoms with Crippen LogP contribution < -0.4 is 10.5 Å². The molecule has 1 aromatic carbocycles. The number of benzene rings is 1. The van der Waals surface area contributed by atoms with Gasteiger partial charge in [0.1, 0.15) is 5.75 Å². The normalized spacial score (nSPS) is 18.0. The maximum absolute atomic E-state index is 13.4. The second-order valence-corrected chi connectivity index (χ2v) is 5.25. The lowest BCUT2D eigenvalue weighted by Crippen LogP contribution is -2.43. The zero-order chi connectivity index (χ0) is 12.8. The largest absolute Gasteiger partial charge is 0.496 e. The molecule has 0 atom stereocenters. The van der Waals surface area contributed by atoms with Crippen molar-refractivity contribution in [1.82, 2.24) is 0 Å². The summed E-state index contributed by atoms with van der Waals surface area (Å²) < 4.78 is 31.7. The molecule has 4 heteroatoms. The van der Waals surface area contributed by atoms with Crippen LogP contribution in [0.25, 0.3) is 0 Å². The van der Waals surface area contributed by atoms with Crippen LogP contribution in [-0.4, -0.2) is 12.6 Å². The third kappa shape index (κ3) is 1.80. The lowest BCUT2D eigenvalue weighted by molar-refractivity contribution is 0.347. The molecule has 0 amide bonds. The van der Waals surface area contributed by atoms with Gasteiger partial charge in [0.05, 0.1) is 7.11 Å². The van der Waals surface area contributed by atoms with E-state index in [1.54, 1.807) is 0 Å². The topological polar surface area (TPSA) is 35.2 Å². The fourth-order valence-corrected chi connectivity index (χ4v) is 2.21. The molecule has 1 aliphatic carbocycles. The van der Waals surface area contributed by atoms with Crippen LogP contribution >= 0.6 is 0 Å². The second kappa shape index (κ2) is 3.67. The Labute approximate surface area is 99.8 Å². The van der Waals surface area contributed by atoms with E-state index >= 15 is 0 Å². The molecular formula is C13H17F2NO. The number of hydrogen-bond donors (Lipinski definition) is 1. The Balaban J connectivity index is 2.54. The molecule has 1 aromatic rings. The van der Waals surface area contributed by atoms with E-state index in [1.807, 2.05) is 13.8 Å². The molecule has 94 valence electrons. The molecule has 0 bridgehead atoms. The predicted octanol–water partition coefficient (Wildman–Crippen LogP) is 2.74. The lowest BCUT2D eigenvalue weighted by Gasteiger charge is -2.33. The molecule has 0 aromatic heterocycles. The van der Waals surface area contributed by atoms with Gasteiger partial charge >= 0.3 is 0 Å². The maximum Gasteiger partial charge on any atom is 0.162 e. The molecular weight excluding hydrogens is 224 g/mol. The number of ether oxygens (including phenoxy) is 1. The average molecular weight is 241 g/mol. The van der Waals surface area contributed by atoms with Crippen LogP contribution in [0.3, 0.4) is 0 Å². The highest BCUT2D eigenvalue weighted by Gasteiger charge is 2.53. The van der Waals surface area contributed by atoms with Crippen LogP contribution in [0.2, 0.25) is 0 Å². The van der Waals surface area contributed by atoms with Gasteiger partial charge in [-0.15, -0.1) is 0 Å². The van der Waals surface area contributed by atoms with E-state index in [9.17, 15) is 8.78 Å². The number of methoxy groups -OCH3 is 1. The minimum Gasteiger partial charge on any atom is -0.496 e. The Morgan fingerprint density at radius 3 is 2.24 bits per heavy atom. The zero-order valence-electron chi connectivity index (χ0n) is 10.3. The van der Waals surface area contributed by atoms with Crippen molar-refractivity contribution in [3.8, 4) is 5.75 Å². The summed E-state index contributed by atoms with van der Waals surface area (Å²) >= 11 is 0. The number of rotatable bonds is 3. The summed E-state index contributed by atoms with van der Waals surface area (Å²) in [6.45, 7) is 3.88. The number of nitrogens with two attached hydrogens (primary N) is 1. The fourth-order valence-electron chi connectivity index (χ4n) is 2.21. The van der Waals surface area contributed by atoms with Gasteiger partial charge in [-0.3, -0.25) is 0 Å². The van der Waals surface area contributed by atoms with Crippen LogP contribution in [0, 0.1) is 11.6 Å². The minimum absolute atomic E-state index is 0.343. The molecule has 2 rings (SSSR count). The van der Waals surface area contributed by atoms with E-state index in [0.29, 0.717) is 11.3 Å². The van der Waals surface area contributed by atoms with Crippen molar-refractivity contribution in [2.75, 3.05) is 7.11 Å². The van der Waals surface area contributed by atoms with Crippen LogP contribution in [0.15, 0.2) is 12.1 Å². The van der Waals surface area contributed by atoms with Gasteiger partial charge in [0.2, 0.25) is 0 Å². The first kappa shape index (κ1) is 12.3. The van der Waals surface area contributed by atoms with Gasteiger partial charge in [0.15, 0.2) is 11.6 Å². The van der Waals surface area contributed by atoms with Crippen LogP contribution in [0.5, 0.6) is 5.75 Å². The van der Waals surface area contributed by atoms with Gasteiger partial charge in [-0.1, -0.05) is 13.8 Å². The van der Waals surface area contributed by atoms with E-state index in [-0.39, 0.29) is 5.54 Å². The standard InChI is InChI=1S/C13H17F2NO/c1-12(2,13(16)4-5-13)8-6-9(14)10(15)7-11(8)17-3/h6-7H,4-5,16H2,1-3H3. The fraction of sp³-hybridized carbons (Fsp3) is 0.538. The van der Waals surface area contributed by atoms with Gasteiger partial charge < -0.3 is 10.5 Å². The highest BCUT2D eigenvalue weighted by Crippen LogP contribution is 2.51. The molecule has 2 N–H and O–H groups in total. The van der Waals surface area contributed by atoms with Gasteiger partial charge in [-0.25, -0.2) is 8.78 Å². The summed E-state index contributed by atoms with van der Waals surface area (Å²) in [4.78, 5) is 0. The molecule has 1 fully saturated rings. The molecule has 0 unspecified atom stereocenters. The summed E-state index contributed by atoms with van der Waals surface area (Å²) in [5.74, 6) is -1.41. The molecule has 0 radical (unpaired) electrons. The zero-order valence-corrected chi connectivity index (χ0v) is 10.3. The van der Waals surface area contributed by atoms with Gasteiger partial charge in [-0.2, -0.15) is 0 Å². The quantitative estimate of drug-likeness (QED) is 0.883. The molecule has 2 nitrogen and oxygen atoms in total. The summed E-state index contributed by atoms with van der Waals surface area (Å²) in [6.07, 6.45) is 1.78. The van der Waals surface area contributed by atoms with Crippen LogP contribution in [0.4, 0.5) is 8.78 Å². The Bertz CT molecular complexity index is 453. The van der Waals surface area contributed by atoms with Crippen molar-refractivity contribution in [2.24, 2.45) is 5.73 Å². The van der Waals surface area contributed by atoms with Crippen molar-refractivity contribution in [2.45, 2.75) is 37.6 Å². The molecule has 0 aliphatic heterocycles. The molecule has 0 spiro atoms. The lowest BCUT2D eigenvalue weighted by atomic mass is 9.75. The van der Waals surface area contributed by atoms with Crippen molar-refractivity contribution in [1.29, 1.82) is 0 Å². The Morgan fingerprint density at radius 1 is 1.24 bits per heavy atom. The average Bonchev–Trinajstić information content (AvgIpc) is 3.01. The first-order chi connectivity index (χ1) is 7.82. The minimum atomic E-state index is -0.900. The third-order valence-electron chi connectivity index (χ3n) is 3.95. The highest BCUT2D eigenvalue weighted by molar-refractivity contribution is 5.44. The van der Waals surface area contributed by atoms with Crippen molar-refractivity contribution >= 4 is 0 Å². The summed E-state index contributed by atoms with van der Waals surface area (Å²) in [7, 11) is 1.45. The van der Waals surface area contributed by atoms with E-state index < -0.39 is 17.0 Å². The molecule has 0 heterocycles. The van der Waals surface area contributed by atoms with Crippen molar-refractivity contribution < 1.29 is 13.5 Å². The third-order valence-corrected chi connectivity index (χ3v) is 3.95. The van der Waals surface area contributed by atoms with Gasteiger partial charge in [0, 0.05) is 22.6 Å². The Hall–Kier alpha value is -1.16. The molecule has 1 saturated carbocycles. The summed E-state index contributed by atoms with van der Waals surface area (Å²) in [6, 6.07) is 2.28. The Kier molecular flexibility index (Phi) is 2.65. The molecule has 17 heavy (non-hydrogen) atoms. The smallest absolute Gasteiger partial charge is 0.162 e. The van der Waals surface area contributed by atoms with Crippen molar-refractivity contribution in [3.63, 3.8) is 0 Å². The summed E-state index contributed by atoms with van der Waals surface area (Å²) in [5, 5.41) is 0. The Morgan fingerprint density at radius 2 is 1.76 bits per heavy atom. The first-order valence-corrected chi connectivity index (χ1v) is 5.64. The second-order valence-electron chi connectivity index (χ2n) is 5.25. The first-order valence-electron chi connectivity index (χ1n) is 5.64. The van der Waals surface area contributed by atoms with E-state index in [2.05, 4.69) is 0 Å². The molecule has 0 saturated heterocycles. The SMILES string of the molecule is COc1cc(F)c(F)cc1C(C)(C)C1(N)CC1. The summed E-state index contributed by atoms with van der Waals surface area (Å²) in [5.41, 5.74) is 6.04. The number of halogens is 2. The van der Waals surface area contributed by atoms with E-state index in [1.165, 1.54) is 13.2 Å². The number of hydrogen-bond acceptors (Lipinski definition) is 2. The highest BCUT2D eigenvalue weighted by atomic mass is 19.2. The van der Waals surface area contributed by atoms with E-state index in [4.69, 9.17) is 10.5 Å². The van der Waals surface area contributed by atoms with Crippen molar-refractivity contribution in [3.05, 3.63) is 29.3 Å². The van der Waals surface area contributed by atoms with E-state index in [0.717, 1.165) is 18.9 Å². The van der Waals surface area contributed by atoms with Crippen LogP contribution in [0.1, 0.15) is 32.3 Å². The van der Waals surface area contributed by atoms with Crippen LogP contribution in [-0.2, 0) is 5.41 Å². The predicted molar refractivity (Wildman–Crippen MR) is 62.1 cm³/mol. The van der Waals surface area contributed by atoms with Gasteiger partial charge in [-0.05, 0) is 18.9 Å². The molecule has 1 aliphatic rings. The maximum atomic E-state index is 13.4. The monoisotopic (exact) mass is 241 g/mol.